The van der Waals surface area contributed by atoms with Crippen LogP contribution in [0.1, 0.15) is 30.9 Å². The van der Waals surface area contributed by atoms with Gasteiger partial charge in [0.05, 0.1) is 6.04 Å². The molecule has 0 radical (unpaired) electrons. The summed E-state index contributed by atoms with van der Waals surface area (Å²) in [5, 5.41) is 3.24. The van der Waals surface area contributed by atoms with Gasteiger partial charge in [-0.2, -0.15) is 0 Å². The van der Waals surface area contributed by atoms with Crippen LogP contribution in [0.3, 0.4) is 0 Å². The predicted octanol–water partition coefficient (Wildman–Crippen LogP) is 2.83. The molecule has 0 amide bonds. The van der Waals surface area contributed by atoms with Gasteiger partial charge in [0.25, 0.3) is 0 Å². The summed E-state index contributed by atoms with van der Waals surface area (Å²) >= 11 is 0. The SMILES string of the molecule is CNC1COc2cc(OC3C=CCCC3)ccc21. The van der Waals surface area contributed by atoms with Crippen molar-refractivity contribution in [3.05, 3.63) is 35.9 Å². The molecule has 96 valence electrons. The van der Waals surface area contributed by atoms with Gasteiger partial charge < -0.3 is 14.8 Å². The highest BCUT2D eigenvalue weighted by Crippen LogP contribution is 2.35. The summed E-state index contributed by atoms with van der Waals surface area (Å²) in [5.41, 5.74) is 1.23. The Morgan fingerprint density at radius 1 is 1.39 bits per heavy atom. The average Bonchev–Trinajstić information content (AvgIpc) is 2.82. The van der Waals surface area contributed by atoms with Gasteiger partial charge in [0.15, 0.2) is 0 Å². The van der Waals surface area contributed by atoms with Crippen LogP contribution < -0.4 is 14.8 Å². The highest BCUT2D eigenvalue weighted by Gasteiger charge is 2.23. The molecule has 1 aromatic rings. The number of benzene rings is 1. The molecule has 18 heavy (non-hydrogen) atoms. The highest BCUT2D eigenvalue weighted by molar-refractivity contribution is 5.45. The molecule has 0 saturated heterocycles. The van der Waals surface area contributed by atoms with Crippen molar-refractivity contribution in [1.29, 1.82) is 0 Å². The predicted molar refractivity (Wildman–Crippen MR) is 71.1 cm³/mol. The molecular formula is C15H19NO2. The van der Waals surface area contributed by atoms with Gasteiger partial charge in [0.2, 0.25) is 0 Å². The Balaban J connectivity index is 1.75. The third kappa shape index (κ3) is 2.23. The van der Waals surface area contributed by atoms with Crippen LogP contribution in [0, 0.1) is 0 Å². The van der Waals surface area contributed by atoms with Crippen LogP contribution in [0.2, 0.25) is 0 Å². The van der Waals surface area contributed by atoms with Crippen LogP contribution >= 0.6 is 0 Å². The molecule has 3 rings (SSSR count). The first-order chi connectivity index (χ1) is 8.86. The first-order valence-electron chi connectivity index (χ1n) is 6.64. The Kier molecular flexibility index (Phi) is 3.24. The van der Waals surface area contributed by atoms with Crippen LogP contribution in [-0.2, 0) is 0 Å². The van der Waals surface area contributed by atoms with Crippen LogP contribution in [0.25, 0.3) is 0 Å². The maximum atomic E-state index is 5.96. The molecule has 3 nitrogen and oxygen atoms in total. The molecule has 1 heterocycles. The number of fused-ring (bicyclic) bond motifs is 1. The van der Waals surface area contributed by atoms with Gasteiger partial charge in [-0.15, -0.1) is 0 Å². The van der Waals surface area contributed by atoms with E-state index in [1.807, 2.05) is 19.2 Å². The van der Waals surface area contributed by atoms with Crippen molar-refractivity contribution in [1.82, 2.24) is 5.32 Å². The molecule has 2 atom stereocenters. The molecule has 1 aliphatic heterocycles. The van der Waals surface area contributed by atoms with E-state index in [0.717, 1.165) is 17.9 Å². The standard InChI is InChI=1S/C15H19NO2/c1-16-14-10-17-15-9-12(7-8-13(14)15)18-11-5-3-2-4-6-11/h3,5,7-9,11,14,16H,2,4,6,10H2,1H3. The van der Waals surface area contributed by atoms with Gasteiger partial charge in [0, 0.05) is 11.6 Å². The number of nitrogens with one attached hydrogen (secondary N) is 1. The zero-order valence-electron chi connectivity index (χ0n) is 10.7. The lowest BCUT2D eigenvalue weighted by Crippen LogP contribution is -2.17. The van der Waals surface area contributed by atoms with E-state index in [9.17, 15) is 0 Å². The van der Waals surface area contributed by atoms with Crippen LogP contribution in [-0.4, -0.2) is 19.8 Å². The zero-order chi connectivity index (χ0) is 12.4. The molecule has 2 unspecified atom stereocenters. The molecule has 0 bridgehead atoms. The number of ether oxygens (including phenoxy) is 2. The summed E-state index contributed by atoms with van der Waals surface area (Å²) in [6.07, 6.45) is 8.08. The molecule has 1 aliphatic carbocycles. The van der Waals surface area contributed by atoms with E-state index in [2.05, 4.69) is 23.5 Å². The summed E-state index contributed by atoms with van der Waals surface area (Å²) in [7, 11) is 1.96. The van der Waals surface area contributed by atoms with Crippen LogP contribution in [0.15, 0.2) is 30.4 Å². The molecule has 1 N–H and O–H groups in total. The Morgan fingerprint density at radius 3 is 3.11 bits per heavy atom. The maximum absolute atomic E-state index is 5.96. The first kappa shape index (κ1) is 11.6. The third-order valence-corrected chi connectivity index (χ3v) is 3.61. The number of allylic oxidation sites excluding steroid dienone is 1. The van der Waals surface area contributed by atoms with Crippen molar-refractivity contribution >= 4 is 0 Å². The molecule has 2 aliphatic rings. The lowest BCUT2D eigenvalue weighted by atomic mass is 10.1. The van der Waals surface area contributed by atoms with Gasteiger partial charge >= 0.3 is 0 Å². The van der Waals surface area contributed by atoms with Crippen molar-refractivity contribution in [3.8, 4) is 11.5 Å². The van der Waals surface area contributed by atoms with E-state index in [1.54, 1.807) is 0 Å². The Labute approximate surface area is 108 Å². The average molecular weight is 245 g/mol. The molecule has 0 spiro atoms. The van der Waals surface area contributed by atoms with E-state index < -0.39 is 0 Å². The molecule has 0 saturated carbocycles. The van der Waals surface area contributed by atoms with Crippen molar-refractivity contribution in [2.45, 2.75) is 31.4 Å². The smallest absolute Gasteiger partial charge is 0.128 e. The largest absolute Gasteiger partial charge is 0.491 e. The second-order valence-electron chi connectivity index (χ2n) is 4.87. The zero-order valence-corrected chi connectivity index (χ0v) is 10.7. The Hall–Kier alpha value is -1.48. The fraction of sp³-hybridized carbons (Fsp3) is 0.467. The normalized spacial score (nSPS) is 25.6. The van der Waals surface area contributed by atoms with E-state index in [-0.39, 0.29) is 6.10 Å². The van der Waals surface area contributed by atoms with E-state index in [4.69, 9.17) is 9.47 Å². The second-order valence-corrected chi connectivity index (χ2v) is 4.87. The number of hydrogen-bond donors (Lipinski definition) is 1. The van der Waals surface area contributed by atoms with Gasteiger partial charge in [0.1, 0.15) is 24.2 Å². The third-order valence-electron chi connectivity index (χ3n) is 3.61. The lowest BCUT2D eigenvalue weighted by molar-refractivity contribution is 0.228. The molecular weight excluding hydrogens is 226 g/mol. The Bertz CT molecular complexity index is 456. The summed E-state index contributed by atoms with van der Waals surface area (Å²) < 4.78 is 11.6. The van der Waals surface area contributed by atoms with E-state index >= 15 is 0 Å². The summed E-state index contributed by atoms with van der Waals surface area (Å²) in [6.45, 7) is 0.707. The van der Waals surface area contributed by atoms with Gasteiger partial charge in [-0.1, -0.05) is 6.08 Å². The van der Waals surface area contributed by atoms with Crippen LogP contribution in [0.5, 0.6) is 11.5 Å². The lowest BCUT2D eigenvalue weighted by Gasteiger charge is -2.18. The second kappa shape index (κ2) is 5.02. The summed E-state index contributed by atoms with van der Waals surface area (Å²) in [4.78, 5) is 0. The molecule has 0 aromatic heterocycles. The number of likely N-dealkylation sites (N-methyl/N-ethyl adjacent to an activating group) is 1. The molecule has 1 aromatic carbocycles. The van der Waals surface area contributed by atoms with Crippen molar-refractivity contribution in [2.24, 2.45) is 0 Å². The van der Waals surface area contributed by atoms with E-state index in [1.165, 1.54) is 18.4 Å². The van der Waals surface area contributed by atoms with Gasteiger partial charge in [-0.3, -0.25) is 0 Å². The fourth-order valence-electron chi connectivity index (χ4n) is 2.56. The first-order valence-corrected chi connectivity index (χ1v) is 6.64. The quantitative estimate of drug-likeness (QED) is 0.831. The summed E-state index contributed by atoms with van der Waals surface area (Å²) in [6, 6.07) is 6.46. The highest BCUT2D eigenvalue weighted by atomic mass is 16.5. The fourth-order valence-corrected chi connectivity index (χ4v) is 2.56. The Morgan fingerprint density at radius 2 is 2.33 bits per heavy atom. The van der Waals surface area contributed by atoms with E-state index in [0.29, 0.717) is 12.6 Å². The minimum Gasteiger partial charge on any atom is -0.491 e. The minimum absolute atomic E-state index is 0.221. The maximum Gasteiger partial charge on any atom is 0.128 e. The minimum atomic E-state index is 0.221. The topological polar surface area (TPSA) is 30.5 Å². The number of hydrogen-bond acceptors (Lipinski definition) is 3. The van der Waals surface area contributed by atoms with Gasteiger partial charge in [-0.05, 0) is 44.5 Å². The van der Waals surface area contributed by atoms with Gasteiger partial charge in [-0.25, -0.2) is 0 Å². The van der Waals surface area contributed by atoms with Crippen molar-refractivity contribution < 1.29 is 9.47 Å². The monoisotopic (exact) mass is 245 g/mol. The van der Waals surface area contributed by atoms with Crippen molar-refractivity contribution in [2.75, 3.05) is 13.7 Å². The summed E-state index contributed by atoms with van der Waals surface area (Å²) in [5.74, 6) is 1.86. The van der Waals surface area contributed by atoms with Crippen molar-refractivity contribution in [3.63, 3.8) is 0 Å². The number of rotatable bonds is 3. The van der Waals surface area contributed by atoms with Crippen LogP contribution in [0.4, 0.5) is 0 Å². The molecule has 3 heteroatoms. The molecule has 0 fully saturated rings.